The van der Waals surface area contributed by atoms with E-state index >= 15 is 0 Å². The van der Waals surface area contributed by atoms with Gasteiger partial charge in [0.2, 0.25) is 0 Å². The van der Waals surface area contributed by atoms with Crippen molar-refractivity contribution in [3.63, 3.8) is 0 Å². The molecule has 2 aliphatic rings. The molecule has 1 unspecified atom stereocenters. The van der Waals surface area contributed by atoms with Crippen LogP contribution in [0.2, 0.25) is 0 Å². The number of likely N-dealkylation sites (tertiary alicyclic amines) is 1. The second-order valence-corrected chi connectivity index (χ2v) is 9.89. The molecule has 0 radical (unpaired) electrons. The average molecular weight is 503 g/mol. The molecule has 0 aromatic carbocycles. The van der Waals surface area contributed by atoms with Crippen LogP contribution < -0.4 is 4.74 Å². The number of pyridine rings is 2. The minimum absolute atomic E-state index is 0.0428. The summed E-state index contributed by atoms with van der Waals surface area (Å²) in [4.78, 5) is 6.03. The number of hydrogen-bond acceptors (Lipinski definition) is 8. The first-order valence-electron chi connectivity index (χ1n) is 12.5. The van der Waals surface area contributed by atoms with E-state index in [-0.39, 0.29) is 18.2 Å². The number of ether oxygens (including phenoxy) is 1. The van der Waals surface area contributed by atoms with Crippen molar-refractivity contribution in [1.82, 2.24) is 34.5 Å². The minimum atomic E-state index is -0.782. The zero-order chi connectivity index (χ0) is 25.6. The molecule has 2 atom stereocenters. The molecule has 4 aromatic rings. The van der Waals surface area contributed by atoms with E-state index in [1.165, 1.54) is 12.1 Å². The van der Waals surface area contributed by atoms with Crippen LogP contribution in [0.3, 0.4) is 0 Å². The highest BCUT2D eigenvalue weighted by molar-refractivity contribution is 5.70. The lowest BCUT2D eigenvalue weighted by Crippen LogP contribution is -2.56. The highest BCUT2D eigenvalue weighted by Gasteiger charge is 2.47. The van der Waals surface area contributed by atoms with Crippen LogP contribution in [0.5, 0.6) is 5.75 Å². The van der Waals surface area contributed by atoms with Gasteiger partial charge >= 0.3 is 0 Å². The molecule has 1 saturated heterocycles. The maximum Gasteiger partial charge on any atom is 0.179 e. The molecule has 1 aliphatic heterocycles. The summed E-state index contributed by atoms with van der Waals surface area (Å²) in [5.41, 5.74) is 3.51. The summed E-state index contributed by atoms with van der Waals surface area (Å²) in [6, 6.07) is 6.64. The monoisotopic (exact) mass is 502 g/mol. The van der Waals surface area contributed by atoms with Crippen LogP contribution in [0, 0.1) is 24.2 Å². The van der Waals surface area contributed by atoms with Crippen molar-refractivity contribution in [2.24, 2.45) is 0 Å². The minimum Gasteiger partial charge on any atom is -0.479 e. The van der Waals surface area contributed by atoms with Crippen molar-refractivity contribution in [3.05, 3.63) is 60.1 Å². The highest BCUT2D eigenvalue weighted by Crippen LogP contribution is 2.47. The third-order valence-electron chi connectivity index (χ3n) is 7.81. The van der Waals surface area contributed by atoms with Gasteiger partial charge in [-0.15, -0.1) is 5.10 Å². The van der Waals surface area contributed by atoms with Gasteiger partial charge in [-0.25, -0.2) is 13.6 Å². The standard InChI is InChI=1S/C26H27FN8O2/c1-17-25(31-32-35(17)20-6-10-33(16-28)26(12-20)7-2-8-26)18-11-23(22-5-9-30-34(22)14-18)37-24(15-36)21-4-3-19(27)13-29-21/h3-5,9,11,13-14,20,24,36H,2,6-8,10,12,15H2,1H3/t20?,24-/m1/s1. The maximum atomic E-state index is 13.4. The molecular weight excluding hydrogens is 475 g/mol. The SMILES string of the molecule is Cc1c(-c2cc(O[C@H](CO)c3ccc(F)cn3)c3ccnn3c2)nnn1C1CCN(C#N)C2(CCC2)C1. The smallest absolute Gasteiger partial charge is 0.179 e. The number of nitriles is 1. The molecule has 6 rings (SSSR count). The van der Waals surface area contributed by atoms with Gasteiger partial charge in [-0.2, -0.15) is 10.4 Å². The maximum absolute atomic E-state index is 13.4. The molecule has 0 amide bonds. The second kappa shape index (κ2) is 9.12. The fraction of sp³-hybridized carbons (Fsp3) is 0.423. The van der Waals surface area contributed by atoms with Gasteiger partial charge in [-0.05, 0) is 63.3 Å². The number of piperidine rings is 1. The summed E-state index contributed by atoms with van der Waals surface area (Å²) < 4.78 is 23.2. The van der Waals surface area contributed by atoms with Crippen LogP contribution in [0.4, 0.5) is 4.39 Å². The molecule has 5 heterocycles. The topological polar surface area (TPSA) is 117 Å². The van der Waals surface area contributed by atoms with Crippen LogP contribution in [0.25, 0.3) is 16.8 Å². The number of rotatable bonds is 6. The normalized spacial score (nSPS) is 19.5. The van der Waals surface area contributed by atoms with Gasteiger partial charge in [-0.1, -0.05) is 5.21 Å². The zero-order valence-corrected chi connectivity index (χ0v) is 20.5. The Morgan fingerprint density at radius 2 is 2.19 bits per heavy atom. The Kier molecular flexibility index (Phi) is 5.76. The number of hydrogen-bond donors (Lipinski definition) is 1. The van der Waals surface area contributed by atoms with Gasteiger partial charge in [0.25, 0.3) is 0 Å². The van der Waals surface area contributed by atoms with Crippen molar-refractivity contribution < 1.29 is 14.2 Å². The Labute approximate surface area is 212 Å². The first kappa shape index (κ1) is 23.4. The quantitative estimate of drug-likeness (QED) is 0.398. The summed E-state index contributed by atoms with van der Waals surface area (Å²) in [5.74, 6) is 0.0329. The lowest BCUT2D eigenvalue weighted by Gasteiger charge is -2.52. The van der Waals surface area contributed by atoms with E-state index in [0.29, 0.717) is 22.7 Å². The predicted molar refractivity (Wildman–Crippen MR) is 131 cm³/mol. The van der Waals surface area contributed by atoms with Crippen LogP contribution >= 0.6 is 0 Å². The van der Waals surface area contributed by atoms with E-state index in [1.807, 2.05) is 34.8 Å². The molecule has 1 spiro atoms. The van der Waals surface area contributed by atoms with Crippen LogP contribution in [-0.4, -0.2) is 58.3 Å². The predicted octanol–water partition coefficient (Wildman–Crippen LogP) is 3.59. The molecule has 1 N–H and O–H groups in total. The zero-order valence-electron chi connectivity index (χ0n) is 20.5. The second-order valence-electron chi connectivity index (χ2n) is 9.89. The van der Waals surface area contributed by atoms with Gasteiger partial charge in [0.05, 0.1) is 42.0 Å². The first-order valence-corrected chi connectivity index (χ1v) is 12.5. The molecule has 0 bridgehead atoms. The number of aliphatic hydroxyl groups is 1. The molecule has 10 nitrogen and oxygen atoms in total. The molecule has 2 fully saturated rings. The highest BCUT2D eigenvalue weighted by atomic mass is 19.1. The van der Waals surface area contributed by atoms with Gasteiger partial charge in [0.1, 0.15) is 22.8 Å². The average Bonchev–Trinajstić information content (AvgIpc) is 3.53. The third kappa shape index (κ3) is 3.97. The van der Waals surface area contributed by atoms with Crippen LogP contribution in [0.1, 0.15) is 55.6 Å². The number of halogens is 1. The Hall–Kier alpha value is -4.04. The van der Waals surface area contributed by atoms with Crippen LogP contribution in [0.15, 0.2) is 42.9 Å². The summed E-state index contributed by atoms with van der Waals surface area (Å²) in [7, 11) is 0. The molecular formula is C26H27FN8O2. The number of fused-ring (bicyclic) bond motifs is 1. The van der Waals surface area contributed by atoms with Crippen molar-refractivity contribution in [3.8, 4) is 23.2 Å². The Morgan fingerprint density at radius 1 is 1.32 bits per heavy atom. The van der Waals surface area contributed by atoms with Crippen molar-refractivity contribution >= 4 is 5.52 Å². The molecule has 1 saturated carbocycles. The van der Waals surface area contributed by atoms with E-state index in [0.717, 1.165) is 56.1 Å². The molecule has 190 valence electrons. The van der Waals surface area contributed by atoms with Gasteiger partial charge < -0.3 is 14.7 Å². The van der Waals surface area contributed by atoms with E-state index < -0.39 is 11.9 Å². The Morgan fingerprint density at radius 3 is 2.89 bits per heavy atom. The van der Waals surface area contributed by atoms with Gasteiger partial charge in [0, 0.05) is 18.3 Å². The number of aliphatic hydroxyl groups excluding tert-OH is 1. The van der Waals surface area contributed by atoms with Crippen molar-refractivity contribution in [1.29, 1.82) is 5.26 Å². The lowest BCUT2D eigenvalue weighted by molar-refractivity contribution is 0.00271. The van der Waals surface area contributed by atoms with E-state index in [2.05, 4.69) is 26.6 Å². The lowest BCUT2D eigenvalue weighted by atomic mass is 9.69. The summed E-state index contributed by atoms with van der Waals surface area (Å²) in [6.07, 6.45) is 11.2. The van der Waals surface area contributed by atoms with E-state index in [9.17, 15) is 14.8 Å². The molecule has 4 aromatic heterocycles. The Bertz CT molecular complexity index is 1470. The van der Waals surface area contributed by atoms with E-state index in [4.69, 9.17) is 4.74 Å². The molecule has 1 aliphatic carbocycles. The van der Waals surface area contributed by atoms with Gasteiger partial charge in [-0.3, -0.25) is 4.98 Å². The van der Waals surface area contributed by atoms with Gasteiger partial charge in [0.15, 0.2) is 12.3 Å². The summed E-state index contributed by atoms with van der Waals surface area (Å²) in [6.45, 7) is 2.40. The number of aromatic nitrogens is 6. The van der Waals surface area contributed by atoms with Crippen molar-refractivity contribution in [2.45, 2.75) is 56.7 Å². The fourth-order valence-corrected chi connectivity index (χ4v) is 5.69. The first-order chi connectivity index (χ1) is 18.0. The van der Waals surface area contributed by atoms with E-state index in [1.54, 1.807) is 10.7 Å². The molecule has 37 heavy (non-hydrogen) atoms. The molecule has 11 heteroatoms. The summed E-state index contributed by atoms with van der Waals surface area (Å²) >= 11 is 0. The van der Waals surface area contributed by atoms with Crippen molar-refractivity contribution in [2.75, 3.05) is 13.2 Å². The summed E-state index contributed by atoms with van der Waals surface area (Å²) in [5, 5.41) is 33.0. The van der Waals surface area contributed by atoms with Crippen LogP contribution in [-0.2, 0) is 0 Å². The largest absolute Gasteiger partial charge is 0.479 e. The third-order valence-corrected chi connectivity index (χ3v) is 7.81. The fourth-order valence-electron chi connectivity index (χ4n) is 5.69. The Balaban J connectivity index is 1.32. The number of nitrogens with zero attached hydrogens (tertiary/aromatic N) is 8.